The second-order valence-electron chi connectivity index (χ2n) is 6.29. The number of Topliss-reactive ketones (excluding diaryl/α,β-unsaturated/α-hetero) is 1. The number of terminal acetylenes is 1. The van der Waals surface area contributed by atoms with Crippen LogP contribution < -0.4 is 15.2 Å². The Labute approximate surface area is 158 Å². The molecule has 0 spiro atoms. The van der Waals surface area contributed by atoms with E-state index in [9.17, 15) is 4.79 Å². The quantitative estimate of drug-likeness (QED) is 0.380. The van der Waals surface area contributed by atoms with Crippen molar-refractivity contribution in [2.75, 3.05) is 20.0 Å². The van der Waals surface area contributed by atoms with E-state index >= 15 is 0 Å². The van der Waals surface area contributed by atoms with Crippen LogP contribution >= 0.6 is 0 Å². The van der Waals surface area contributed by atoms with Gasteiger partial charge in [-0.2, -0.15) is 9.78 Å². The molecule has 1 saturated carbocycles. The van der Waals surface area contributed by atoms with Crippen molar-refractivity contribution in [1.29, 1.82) is 0 Å². The molecule has 7 nitrogen and oxygen atoms in total. The van der Waals surface area contributed by atoms with Gasteiger partial charge in [-0.1, -0.05) is 18.8 Å². The number of methoxy groups -OCH3 is 2. The van der Waals surface area contributed by atoms with Gasteiger partial charge >= 0.3 is 0 Å². The summed E-state index contributed by atoms with van der Waals surface area (Å²) >= 11 is 0. The molecule has 1 aromatic carbocycles. The van der Waals surface area contributed by atoms with Gasteiger partial charge in [0.1, 0.15) is 17.3 Å². The summed E-state index contributed by atoms with van der Waals surface area (Å²) in [6, 6.07) is 5.06. The van der Waals surface area contributed by atoms with E-state index in [2.05, 4.69) is 16.0 Å². The standard InChI is InChI=1S/C20H22N4O3/c1-4-13-12-22-24(19(13)21)20(23-14-7-5-6-8-14)18(25)16-10-9-15(26-2)11-17(16)27-3/h1,9-12,14H,5-8,21H2,2-3H3. The first kappa shape index (κ1) is 18.5. The molecule has 0 atom stereocenters. The lowest BCUT2D eigenvalue weighted by molar-refractivity contribution is 0.105. The number of hydrogen-bond donors (Lipinski definition) is 1. The smallest absolute Gasteiger partial charge is 0.233 e. The molecule has 2 aromatic rings. The first-order chi connectivity index (χ1) is 13.1. The zero-order chi connectivity index (χ0) is 19.4. The number of nitrogens with zero attached hydrogens (tertiary/aromatic N) is 3. The number of ketones is 1. The van der Waals surface area contributed by atoms with Gasteiger partial charge in [-0.15, -0.1) is 6.42 Å². The lowest BCUT2D eigenvalue weighted by Crippen LogP contribution is -2.28. The van der Waals surface area contributed by atoms with E-state index in [4.69, 9.17) is 21.6 Å². The minimum Gasteiger partial charge on any atom is -0.497 e. The Hall–Kier alpha value is -3.27. The fraction of sp³-hybridized carbons (Fsp3) is 0.350. The Balaban J connectivity index is 2.09. The minimum absolute atomic E-state index is 0.0612. The van der Waals surface area contributed by atoms with Crippen LogP contribution in [0.5, 0.6) is 11.5 Å². The van der Waals surface area contributed by atoms with Gasteiger partial charge in [0.05, 0.1) is 37.6 Å². The molecule has 1 heterocycles. The van der Waals surface area contributed by atoms with Crippen molar-refractivity contribution in [2.45, 2.75) is 31.7 Å². The highest BCUT2D eigenvalue weighted by atomic mass is 16.5. The molecule has 0 unspecified atom stereocenters. The van der Waals surface area contributed by atoms with Crippen molar-refractivity contribution in [1.82, 2.24) is 9.78 Å². The molecule has 1 aromatic heterocycles. The minimum atomic E-state index is -0.334. The number of rotatable bonds is 5. The average Bonchev–Trinajstić information content (AvgIpc) is 3.34. The summed E-state index contributed by atoms with van der Waals surface area (Å²) in [6.45, 7) is 0. The van der Waals surface area contributed by atoms with Crippen LogP contribution in [0.1, 0.15) is 41.6 Å². The van der Waals surface area contributed by atoms with E-state index in [0.29, 0.717) is 22.6 Å². The number of carbonyl (C=O) groups is 1. The fourth-order valence-electron chi connectivity index (χ4n) is 3.16. The topological polar surface area (TPSA) is 91.7 Å². The van der Waals surface area contributed by atoms with Crippen LogP contribution in [0.4, 0.5) is 5.82 Å². The van der Waals surface area contributed by atoms with Crippen LogP contribution in [0.3, 0.4) is 0 Å². The van der Waals surface area contributed by atoms with Gasteiger partial charge in [-0.25, -0.2) is 0 Å². The number of nitrogen functional groups attached to an aromatic ring is 1. The van der Waals surface area contributed by atoms with Gasteiger partial charge in [-0.05, 0) is 25.0 Å². The molecule has 3 rings (SSSR count). The monoisotopic (exact) mass is 366 g/mol. The van der Waals surface area contributed by atoms with Crippen molar-refractivity contribution in [2.24, 2.45) is 4.99 Å². The normalized spacial score (nSPS) is 14.8. The molecule has 140 valence electrons. The Kier molecular flexibility index (Phi) is 5.46. The number of hydrogen-bond acceptors (Lipinski definition) is 6. The van der Waals surface area contributed by atoms with Crippen molar-refractivity contribution in [3.63, 3.8) is 0 Å². The van der Waals surface area contributed by atoms with Gasteiger partial charge in [0.2, 0.25) is 5.78 Å². The molecule has 1 fully saturated rings. The summed E-state index contributed by atoms with van der Waals surface area (Å²) < 4.78 is 11.9. The summed E-state index contributed by atoms with van der Waals surface area (Å²) in [5, 5.41) is 4.20. The van der Waals surface area contributed by atoms with E-state index in [-0.39, 0.29) is 23.5 Å². The van der Waals surface area contributed by atoms with E-state index in [0.717, 1.165) is 25.7 Å². The highest BCUT2D eigenvalue weighted by molar-refractivity contribution is 6.46. The Morgan fingerprint density at radius 2 is 2.07 bits per heavy atom. The predicted molar refractivity (Wildman–Crippen MR) is 104 cm³/mol. The van der Waals surface area contributed by atoms with Crippen LogP contribution in [-0.2, 0) is 0 Å². The highest BCUT2D eigenvalue weighted by Gasteiger charge is 2.26. The van der Waals surface area contributed by atoms with Crippen molar-refractivity contribution in [3.8, 4) is 23.8 Å². The van der Waals surface area contributed by atoms with Gasteiger partial charge in [0, 0.05) is 6.07 Å². The molecule has 0 amide bonds. The Bertz CT molecular complexity index is 918. The summed E-state index contributed by atoms with van der Waals surface area (Å²) in [5.74, 6) is 3.47. The number of nitrogens with two attached hydrogens (primary N) is 1. The number of benzene rings is 1. The number of aliphatic imine (C=N–C) groups is 1. The maximum Gasteiger partial charge on any atom is 0.233 e. The Morgan fingerprint density at radius 1 is 1.33 bits per heavy atom. The van der Waals surface area contributed by atoms with E-state index < -0.39 is 0 Å². The molecular formula is C20H22N4O3. The number of ether oxygens (including phenoxy) is 2. The molecule has 0 radical (unpaired) electrons. The van der Waals surface area contributed by atoms with Gasteiger partial charge in [0.15, 0.2) is 5.84 Å². The Morgan fingerprint density at radius 3 is 2.67 bits per heavy atom. The molecule has 1 aliphatic rings. The number of carbonyl (C=O) groups excluding carboxylic acids is 1. The van der Waals surface area contributed by atoms with Crippen LogP contribution in [0, 0.1) is 12.3 Å². The van der Waals surface area contributed by atoms with Gasteiger partial charge in [-0.3, -0.25) is 9.79 Å². The molecule has 27 heavy (non-hydrogen) atoms. The average molecular weight is 366 g/mol. The largest absolute Gasteiger partial charge is 0.497 e. The summed E-state index contributed by atoms with van der Waals surface area (Å²) in [4.78, 5) is 18.0. The first-order valence-electron chi connectivity index (χ1n) is 8.74. The van der Waals surface area contributed by atoms with E-state index in [1.807, 2.05) is 0 Å². The summed E-state index contributed by atoms with van der Waals surface area (Å²) in [5.41, 5.74) is 6.87. The van der Waals surface area contributed by atoms with Crippen LogP contribution in [-0.4, -0.2) is 41.7 Å². The van der Waals surface area contributed by atoms with E-state index in [1.54, 1.807) is 25.3 Å². The molecule has 0 saturated heterocycles. The number of anilines is 1. The molecule has 0 bridgehead atoms. The SMILES string of the molecule is C#Cc1cnn(C(=NC2CCCC2)C(=O)c2ccc(OC)cc2OC)c1N. The van der Waals surface area contributed by atoms with E-state index in [1.165, 1.54) is 18.0 Å². The second-order valence-corrected chi connectivity index (χ2v) is 6.29. The first-order valence-corrected chi connectivity index (χ1v) is 8.74. The maximum absolute atomic E-state index is 13.3. The molecule has 7 heteroatoms. The maximum atomic E-state index is 13.3. The fourth-order valence-corrected chi connectivity index (χ4v) is 3.16. The van der Waals surface area contributed by atoms with Crippen LogP contribution in [0.2, 0.25) is 0 Å². The van der Waals surface area contributed by atoms with Gasteiger partial charge in [0.25, 0.3) is 0 Å². The van der Waals surface area contributed by atoms with Crippen molar-refractivity contribution < 1.29 is 14.3 Å². The van der Waals surface area contributed by atoms with Crippen LogP contribution in [0.15, 0.2) is 29.4 Å². The van der Waals surface area contributed by atoms with Crippen molar-refractivity contribution >= 4 is 17.4 Å². The third kappa shape index (κ3) is 3.65. The summed E-state index contributed by atoms with van der Waals surface area (Å²) in [6.07, 6.45) is 10.9. The molecule has 1 aliphatic carbocycles. The lowest BCUT2D eigenvalue weighted by atomic mass is 10.1. The van der Waals surface area contributed by atoms with Crippen molar-refractivity contribution in [3.05, 3.63) is 35.5 Å². The third-order valence-corrected chi connectivity index (χ3v) is 4.65. The zero-order valence-corrected chi connectivity index (χ0v) is 15.4. The predicted octanol–water partition coefficient (Wildman–Crippen LogP) is 2.54. The zero-order valence-electron chi connectivity index (χ0n) is 15.4. The molecular weight excluding hydrogens is 344 g/mol. The van der Waals surface area contributed by atoms with Gasteiger partial charge < -0.3 is 15.2 Å². The summed E-state index contributed by atoms with van der Waals surface area (Å²) in [7, 11) is 3.05. The second kappa shape index (κ2) is 7.96. The molecule has 0 aliphatic heterocycles. The highest BCUT2D eigenvalue weighted by Crippen LogP contribution is 2.27. The lowest BCUT2D eigenvalue weighted by Gasteiger charge is -2.14. The molecule has 2 N–H and O–H groups in total. The number of aromatic nitrogens is 2. The third-order valence-electron chi connectivity index (χ3n) is 4.65. The van der Waals surface area contributed by atoms with Crippen LogP contribution in [0.25, 0.3) is 0 Å².